The minimum atomic E-state index is -0.0426. The monoisotopic (exact) mass is 420 g/mol. The SMILES string of the molecule is Cc1ccc2c(Cl)cc(Cl)c(OCC(=O)N3CC4(C)CC3CC(C)(C)C4)c2n1. The van der Waals surface area contributed by atoms with Crippen molar-refractivity contribution >= 4 is 40.0 Å². The Labute approximate surface area is 176 Å². The summed E-state index contributed by atoms with van der Waals surface area (Å²) in [6, 6.07) is 5.73. The summed E-state index contributed by atoms with van der Waals surface area (Å²) in [5, 5.41) is 1.66. The summed E-state index contributed by atoms with van der Waals surface area (Å²) in [4.78, 5) is 19.6. The van der Waals surface area contributed by atoms with E-state index < -0.39 is 0 Å². The van der Waals surface area contributed by atoms with E-state index in [0.29, 0.717) is 27.4 Å². The molecule has 0 radical (unpaired) electrons. The molecule has 1 aromatic carbocycles. The number of fused-ring (bicyclic) bond motifs is 3. The Bertz CT molecular complexity index is 959. The van der Waals surface area contributed by atoms with Crippen molar-refractivity contribution in [1.82, 2.24) is 9.88 Å². The first-order valence-electron chi connectivity index (χ1n) is 9.75. The molecule has 2 aromatic rings. The third kappa shape index (κ3) is 3.57. The zero-order valence-electron chi connectivity index (χ0n) is 16.8. The highest BCUT2D eigenvalue weighted by Gasteiger charge is 2.50. The van der Waals surface area contributed by atoms with E-state index in [0.717, 1.165) is 36.9 Å². The Morgan fingerprint density at radius 1 is 1.25 bits per heavy atom. The third-order valence-electron chi connectivity index (χ3n) is 6.05. The molecule has 2 aliphatic rings. The van der Waals surface area contributed by atoms with Crippen molar-refractivity contribution < 1.29 is 9.53 Å². The molecule has 2 heterocycles. The number of aromatic nitrogens is 1. The summed E-state index contributed by atoms with van der Waals surface area (Å²) in [6.07, 6.45) is 3.27. The Balaban J connectivity index is 1.56. The van der Waals surface area contributed by atoms with Crippen molar-refractivity contribution in [2.24, 2.45) is 10.8 Å². The fourth-order valence-corrected chi connectivity index (χ4v) is 5.97. The fourth-order valence-electron chi connectivity index (χ4n) is 5.40. The van der Waals surface area contributed by atoms with Gasteiger partial charge in [0.1, 0.15) is 5.52 Å². The maximum absolute atomic E-state index is 13.0. The summed E-state index contributed by atoms with van der Waals surface area (Å²) in [5.41, 5.74) is 1.90. The molecule has 2 unspecified atom stereocenters. The minimum absolute atomic E-state index is 0.0123. The standard InChI is InChI=1S/C22H26Cl2N2O2/c1-13-5-6-15-16(23)7-17(24)20(19(15)25-13)28-10-18(27)26-12-22(4)9-14(26)8-21(2,3)11-22/h5-7,14H,8-12H2,1-4H3. The number of pyridine rings is 1. The van der Waals surface area contributed by atoms with E-state index in [1.165, 1.54) is 0 Å². The molecule has 0 spiro atoms. The molecule has 0 N–H and O–H groups in total. The first-order valence-corrected chi connectivity index (χ1v) is 10.5. The van der Waals surface area contributed by atoms with Crippen LogP contribution < -0.4 is 4.74 Å². The summed E-state index contributed by atoms with van der Waals surface area (Å²) >= 11 is 12.7. The molecule has 4 rings (SSSR count). The van der Waals surface area contributed by atoms with Gasteiger partial charge in [0.05, 0.1) is 10.0 Å². The number of ether oxygens (including phenoxy) is 1. The van der Waals surface area contributed by atoms with E-state index in [-0.39, 0.29) is 23.3 Å². The van der Waals surface area contributed by atoms with Crippen LogP contribution in [0, 0.1) is 17.8 Å². The molecule has 150 valence electrons. The Kier molecular flexibility index (Phi) is 4.79. The predicted octanol–water partition coefficient (Wildman–Crippen LogP) is 5.66. The van der Waals surface area contributed by atoms with Crippen molar-refractivity contribution in [3.05, 3.63) is 33.9 Å². The van der Waals surface area contributed by atoms with E-state index >= 15 is 0 Å². The van der Waals surface area contributed by atoms with E-state index in [2.05, 4.69) is 25.8 Å². The molecule has 2 atom stereocenters. The largest absolute Gasteiger partial charge is 0.480 e. The van der Waals surface area contributed by atoms with Crippen LogP contribution in [0.1, 0.15) is 45.7 Å². The van der Waals surface area contributed by atoms with Gasteiger partial charge in [0.2, 0.25) is 0 Å². The second kappa shape index (κ2) is 6.77. The van der Waals surface area contributed by atoms with Crippen molar-refractivity contribution in [1.29, 1.82) is 0 Å². The maximum Gasteiger partial charge on any atom is 0.260 e. The minimum Gasteiger partial charge on any atom is -0.480 e. The molecule has 1 aliphatic carbocycles. The van der Waals surface area contributed by atoms with Gasteiger partial charge in [-0.2, -0.15) is 0 Å². The topological polar surface area (TPSA) is 42.4 Å². The zero-order valence-corrected chi connectivity index (χ0v) is 18.3. The van der Waals surface area contributed by atoms with Gasteiger partial charge in [-0.05, 0) is 55.2 Å². The van der Waals surface area contributed by atoms with Gasteiger partial charge in [-0.3, -0.25) is 4.79 Å². The van der Waals surface area contributed by atoms with E-state index in [9.17, 15) is 4.79 Å². The summed E-state index contributed by atoms with van der Waals surface area (Å²) in [7, 11) is 0. The third-order valence-corrected chi connectivity index (χ3v) is 6.65. The molecule has 4 nitrogen and oxygen atoms in total. The molecule has 1 aromatic heterocycles. The Hall–Kier alpha value is -1.52. The second-order valence-corrected chi connectivity index (χ2v) is 10.4. The summed E-state index contributed by atoms with van der Waals surface area (Å²) < 4.78 is 5.92. The van der Waals surface area contributed by atoms with Crippen LogP contribution in [-0.4, -0.2) is 35.0 Å². The average Bonchev–Trinajstić information content (AvgIpc) is 2.83. The lowest BCUT2D eigenvalue weighted by molar-refractivity contribution is -0.134. The van der Waals surface area contributed by atoms with E-state index in [1.807, 2.05) is 24.0 Å². The molecule has 2 bridgehead atoms. The van der Waals surface area contributed by atoms with Gasteiger partial charge in [0, 0.05) is 23.7 Å². The lowest BCUT2D eigenvalue weighted by Gasteiger charge is -2.39. The van der Waals surface area contributed by atoms with Gasteiger partial charge < -0.3 is 9.64 Å². The van der Waals surface area contributed by atoms with Crippen molar-refractivity contribution in [3.63, 3.8) is 0 Å². The van der Waals surface area contributed by atoms with E-state index in [1.54, 1.807) is 6.07 Å². The van der Waals surface area contributed by atoms with Crippen LogP contribution in [0.4, 0.5) is 0 Å². The average molecular weight is 421 g/mol. The van der Waals surface area contributed by atoms with Crippen LogP contribution in [0.3, 0.4) is 0 Å². The number of rotatable bonds is 3. The molecule has 2 fully saturated rings. The van der Waals surface area contributed by atoms with Crippen molar-refractivity contribution in [2.75, 3.05) is 13.2 Å². The van der Waals surface area contributed by atoms with Crippen LogP contribution >= 0.6 is 23.2 Å². The zero-order chi connectivity index (χ0) is 20.3. The Morgan fingerprint density at radius 2 is 2.00 bits per heavy atom. The van der Waals surface area contributed by atoms with Gasteiger partial charge in [0.25, 0.3) is 5.91 Å². The van der Waals surface area contributed by atoms with Gasteiger partial charge in [0.15, 0.2) is 12.4 Å². The number of carbonyl (C=O) groups excluding carboxylic acids is 1. The number of benzene rings is 1. The number of likely N-dealkylation sites (tertiary alicyclic amines) is 1. The Morgan fingerprint density at radius 3 is 2.75 bits per heavy atom. The number of halogens is 2. The van der Waals surface area contributed by atoms with Crippen LogP contribution in [0.2, 0.25) is 10.0 Å². The molecule has 1 saturated carbocycles. The number of carbonyl (C=O) groups is 1. The maximum atomic E-state index is 13.0. The van der Waals surface area contributed by atoms with Crippen molar-refractivity contribution in [3.8, 4) is 5.75 Å². The summed E-state index contributed by atoms with van der Waals surface area (Å²) in [6.45, 7) is 9.56. The quantitative estimate of drug-likeness (QED) is 0.643. The molecular formula is C22H26Cl2N2O2. The van der Waals surface area contributed by atoms with Gasteiger partial charge in [-0.25, -0.2) is 4.98 Å². The summed E-state index contributed by atoms with van der Waals surface area (Å²) in [5.74, 6) is 0.435. The number of nitrogens with zero attached hydrogens (tertiary/aromatic N) is 2. The van der Waals surface area contributed by atoms with Crippen LogP contribution in [0.5, 0.6) is 5.75 Å². The lowest BCUT2D eigenvalue weighted by atomic mass is 9.65. The molecule has 28 heavy (non-hydrogen) atoms. The number of aryl methyl sites for hydroxylation is 1. The number of hydrogen-bond acceptors (Lipinski definition) is 3. The molecule has 1 amide bonds. The lowest BCUT2D eigenvalue weighted by Crippen LogP contribution is -2.40. The molecule has 1 saturated heterocycles. The molecular weight excluding hydrogens is 395 g/mol. The van der Waals surface area contributed by atoms with Crippen LogP contribution in [0.25, 0.3) is 10.9 Å². The normalized spacial score (nSPS) is 25.9. The second-order valence-electron chi connectivity index (χ2n) is 9.54. The van der Waals surface area contributed by atoms with Crippen LogP contribution in [0.15, 0.2) is 18.2 Å². The first kappa shape index (κ1) is 19.8. The predicted molar refractivity (Wildman–Crippen MR) is 113 cm³/mol. The number of amides is 1. The highest BCUT2D eigenvalue weighted by Crippen LogP contribution is 2.52. The molecule has 6 heteroatoms. The van der Waals surface area contributed by atoms with Gasteiger partial charge in [-0.1, -0.05) is 44.0 Å². The first-order chi connectivity index (χ1) is 13.1. The van der Waals surface area contributed by atoms with Crippen molar-refractivity contribution in [2.45, 2.75) is 53.0 Å². The van der Waals surface area contributed by atoms with Gasteiger partial charge in [-0.15, -0.1) is 0 Å². The van der Waals surface area contributed by atoms with Crippen LogP contribution in [-0.2, 0) is 4.79 Å². The van der Waals surface area contributed by atoms with E-state index in [4.69, 9.17) is 27.9 Å². The van der Waals surface area contributed by atoms with Gasteiger partial charge >= 0.3 is 0 Å². The fraction of sp³-hybridized carbons (Fsp3) is 0.545. The highest BCUT2D eigenvalue weighted by molar-refractivity contribution is 6.39. The smallest absolute Gasteiger partial charge is 0.260 e. The highest BCUT2D eigenvalue weighted by atomic mass is 35.5. The molecule has 1 aliphatic heterocycles. The number of hydrogen-bond donors (Lipinski definition) is 0.